The van der Waals surface area contributed by atoms with Crippen LogP contribution < -0.4 is 15.5 Å². The number of piperazine rings is 1. The lowest BCUT2D eigenvalue weighted by atomic mass is 10.1. The van der Waals surface area contributed by atoms with Crippen molar-refractivity contribution in [3.05, 3.63) is 52.9 Å². The van der Waals surface area contributed by atoms with Crippen molar-refractivity contribution in [3.8, 4) is 0 Å². The fraction of sp³-hybridized carbons (Fsp3) is 0.400. The maximum atomic E-state index is 11.6. The first-order chi connectivity index (χ1) is 13.2. The minimum absolute atomic E-state index is 0. The fourth-order valence-electron chi connectivity index (χ4n) is 3.09. The molecule has 0 aliphatic carbocycles. The van der Waals surface area contributed by atoms with Crippen LogP contribution in [0.4, 0.5) is 5.00 Å². The van der Waals surface area contributed by atoms with Gasteiger partial charge in [0.2, 0.25) is 0 Å². The second-order valence-electron chi connectivity index (χ2n) is 6.37. The summed E-state index contributed by atoms with van der Waals surface area (Å²) in [6, 6.07) is 11.9. The lowest BCUT2D eigenvalue weighted by molar-refractivity contribution is 0.0963. The van der Waals surface area contributed by atoms with Gasteiger partial charge in [0.1, 0.15) is 0 Å². The van der Waals surface area contributed by atoms with Crippen LogP contribution in [0.1, 0.15) is 22.8 Å². The van der Waals surface area contributed by atoms with E-state index in [0.29, 0.717) is 12.1 Å². The van der Waals surface area contributed by atoms with E-state index < -0.39 is 0 Å². The summed E-state index contributed by atoms with van der Waals surface area (Å²) in [5, 5.41) is 9.51. The van der Waals surface area contributed by atoms with Crippen LogP contribution in [0.25, 0.3) is 0 Å². The number of nitrogens with one attached hydrogen (secondary N) is 2. The third-order valence-electron chi connectivity index (χ3n) is 4.59. The monoisotopic (exact) mass is 513 g/mol. The van der Waals surface area contributed by atoms with Gasteiger partial charge in [-0.2, -0.15) is 0 Å². The first kappa shape index (κ1) is 22.5. The Hall–Kier alpha value is -1.81. The van der Waals surface area contributed by atoms with E-state index in [-0.39, 0.29) is 29.9 Å². The summed E-state index contributed by atoms with van der Waals surface area (Å²) in [6.07, 6.45) is 0. The van der Waals surface area contributed by atoms with E-state index in [1.807, 2.05) is 24.3 Å². The molecular weight excluding hydrogens is 485 g/mol. The number of nitrogens with zero attached hydrogens (tertiary/aromatic N) is 3. The van der Waals surface area contributed by atoms with Crippen LogP contribution in [0.5, 0.6) is 0 Å². The Labute approximate surface area is 188 Å². The highest BCUT2D eigenvalue weighted by atomic mass is 127. The molecule has 2 N–H and O–H groups in total. The number of hydrogen-bond donors (Lipinski definition) is 2. The molecule has 0 saturated carbocycles. The molecular formula is C20H28IN5OS. The van der Waals surface area contributed by atoms with E-state index in [1.54, 1.807) is 18.4 Å². The van der Waals surface area contributed by atoms with Crippen molar-refractivity contribution in [2.24, 2.45) is 4.99 Å². The largest absolute Gasteiger partial charge is 0.360 e. The third kappa shape index (κ3) is 5.84. The molecule has 8 heteroatoms. The van der Waals surface area contributed by atoms with E-state index in [2.05, 4.69) is 44.9 Å². The predicted molar refractivity (Wildman–Crippen MR) is 128 cm³/mol. The van der Waals surface area contributed by atoms with Crippen molar-refractivity contribution in [3.63, 3.8) is 0 Å². The molecule has 1 amide bonds. The first-order valence-electron chi connectivity index (χ1n) is 9.34. The van der Waals surface area contributed by atoms with Crippen LogP contribution in [-0.2, 0) is 6.54 Å². The first-order valence-corrected chi connectivity index (χ1v) is 10.2. The lowest BCUT2D eigenvalue weighted by Crippen LogP contribution is -2.52. The van der Waals surface area contributed by atoms with Crippen LogP contribution in [-0.4, -0.2) is 56.5 Å². The van der Waals surface area contributed by atoms with Crippen LogP contribution >= 0.6 is 35.3 Å². The average Bonchev–Trinajstić information content (AvgIpc) is 3.26. The zero-order valence-corrected chi connectivity index (χ0v) is 19.5. The summed E-state index contributed by atoms with van der Waals surface area (Å²) >= 11 is 1.79. The molecule has 152 valence electrons. The number of amides is 1. The lowest BCUT2D eigenvalue weighted by Gasteiger charge is -2.37. The molecule has 1 aromatic heterocycles. The zero-order valence-electron chi connectivity index (χ0n) is 16.4. The van der Waals surface area contributed by atoms with Crippen LogP contribution in [0.2, 0.25) is 0 Å². The third-order valence-corrected chi connectivity index (χ3v) is 5.52. The van der Waals surface area contributed by atoms with Gasteiger partial charge in [-0.3, -0.25) is 4.79 Å². The molecule has 1 aromatic carbocycles. The quantitative estimate of drug-likeness (QED) is 0.367. The SMILES string of the molecule is CCNC(=NCc1ccc(C(=O)NC)cc1)N1CCN(c2cccs2)CC1.I. The minimum atomic E-state index is -0.0676. The van der Waals surface area contributed by atoms with Gasteiger partial charge in [-0.15, -0.1) is 35.3 Å². The van der Waals surface area contributed by atoms with Gasteiger partial charge in [0.25, 0.3) is 5.91 Å². The van der Waals surface area contributed by atoms with Crippen molar-refractivity contribution >= 4 is 52.2 Å². The molecule has 0 spiro atoms. The molecule has 2 heterocycles. The highest BCUT2D eigenvalue weighted by Crippen LogP contribution is 2.22. The Morgan fingerprint density at radius 1 is 1.14 bits per heavy atom. The van der Waals surface area contributed by atoms with Crippen LogP contribution in [0, 0.1) is 0 Å². The Morgan fingerprint density at radius 3 is 2.43 bits per heavy atom. The molecule has 1 aliphatic heterocycles. The van der Waals surface area contributed by atoms with E-state index in [4.69, 9.17) is 4.99 Å². The molecule has 1 saturated heterocycles. The molecule has 1 aliphatic rings. The molecule has 28 heavy (non-hydrogen) atoms. The summed E-state index contributed by atoms with van der Waals surface area (Å²) in [6.45, 7) is 7.47. The summed E-state index contributed by atoms with van der Waals surface area (Å²) in [5.74, 6) is 0.890. The topological polar surface area (TPSA) is 60.0 Å². The summed E-state index contributed by atoms with van der Waals surface area (Å²) in [5.41, 5.74) is 1.76. The van der Waals surface area contributed by atoms with Gasteiger partial charge in [-0.1, -0.05) is 12.1 Å². The number of rotatable bonds is 5. The smallest absolute Gasteiger partial charge is 0.251 e. The summed E-state index contributed by atoms with van der Waals surface area (Å²) in [4.78, 5) is 21.2. The van der Waals surface area contributed by atoms with Gasteiger partial charge in [0.05, 0.1) is 11.5 Å². The summed E-state index contributed by atoms with van der Waals surface area (Å²) < 4.78 is 0. The number of anilines is 1. The Bertz CT molecular complexity index is 755. The average molecular weight is 513 g/mol. The molecule has 0 bridgehead atoms. The molecule has 6 nitrogen and oxygen atoms in total. The molecule has 2 aromatic rings. The predicted octanol–water partition coefficient (Wildman–Crippen LogP) is 3.01. The molecule has 1 fully saturated rings. The molecule has 0 atom stereocenters. The van der Waals surface area contributed by atoms with Gasteiger partial charge >= 0.3 is 0 Å². The zero-order chi connectivity index (χ0) is 19.1. The number of thiophene rings is 1. The van der Waals surface area contributed by atoms with Gasteiger partial charge in [0.15, 0.2) is 5.96 Å². The molecule has 0 unspecified atom stereocenters. The van der Waals surface area contributed by atoms with Crippen LogP contribution in [0.15, 0.2) is 46.8 Å². The van der Waals surface area contributed by atoms with Crippen LogP contribution in [0.3, 0.4) is 0 Å². The standard InChI is InChI=1S/C20H27N5OS.HI/c1-3-22-20(23-15-16-6-8-17(9-7-16)19(26)21-2)25-12-10-24(11-13-25)18-5-4-14-27-18;/h4-9,14H,3,10-13,15H2,1-2H3,(H,21,26)(H,22,23);1H. The van der Waals surface area contributed by atoms with E-state index >= 15 is 0 Å². The molecule has 3 rings (SSSR count). The fourth-order valence-corrected chi connectivity index (χ4v) is 3.87. The van der Waals surface area contributed by atoms with Crippen molar-refractivity contribution < 1.29 is 4.79 Å². The second kappa shape index (κ2) is 11.3. The number of hydrogen-bond acceptors (Lipinski definition) is 4. The highest BCUT2D eigenvalue weighted by molar-refractivity contribution is 14.0. The summed E-state index contributed by atoms with van der Waals surface area (Å²) in [7, 11) is 1.64. The maximum absolute atomic E-state index is 11.6. The van der Waals surface area contributed by atoms with Crippen molar-refractivity contribution in [1.82, 2.24) is 15.5 Å². The minimum Gasteiger partial charge on any atom is -0.360 e. The number of carbonyl (C=O) groups is 1. The van der Waals surface area contributed by atoms with Gasteiger partial charge < -0.3 is 20.4 Å². The number of carbonyl (C=O) groups excluding carboxylic acids is 1. The van der Waals surface area contributed by atoms with Crippen molar-refractivity contribution in [1.29, 1.82) is 0 Å². The molecule has 0 radical (unpaired) electrons. The van der Waals surface area contributed by atoms with Crippen molar-refractivity contribution in [2.45, 2.75) is 13.5 Å². The normalized spacial score (nSPS) is 14.4. The van der Waals surface area contributed by atoms with Gasteiger partial charge in [-0.05, 0) is 42.1 Å². The Kier molecular flexibility index (Phi) is 9.04. The second-order valence-corrected chi connectivity index (χ2v) is 7.30. The number of benzene rings is 1. The Balaban J connectivity index is 0.00000280. The number of guanidine groups is 1. The maximum Gasteiger partial charge on any atom is 0.251 e. The number of aliphatic imine (C=N–C) groups is 1. The van der Waals surface area contributed by atoms with Gasteiger partial charge in [0, 0.05) is 45.3 Å². The Morgan fingerprint density at radius 2 is 1.86 bits per heavy atom. The van der Waals surface area contributed by atoms with E-state index in [9.17, 15) is 4.79 Å². The highest BCUT2D eigenvalue weighted by Gasteiger charge is 2.20. The van der Waals surface area contributed by atoms with Crippen molar-refractivity contribution in [2.75, 3.05) is 44.7 Å². The van der Waals surface area contributed by atoms with Gasteiger partial charge in [-0.25, -0.2) is 4.99 Å². The van der Waals surface area contributed by atoms with E-state index in [0.717, 1.165) is 44.2 Å². The number of halogens is 1. The van der Waals surface area contributed by atoms with E-state index in [1.165, 1.54) is 5.00 Å².